The van der Waals surface area contributed by atoms with Crippen LogP contribution in [0.3, 0.4) is 0 Å². The van der Waals surface area contributed by atoms with E-state index in [0.717, 1.165) is 16.3 Å². The summed E-state index contributed by atoms with van der Waals surface area (Å²) >= 11 is 4.13. The van der Waals surface area contributed by atoms with Crippen molar-refractivity contribution in [3.8, 4) is 0 Å². The number of rotatable bonds is 1. The van der Waals surface area contributed by atoms with Gasteiger partial charge < -0.3 is 11.1 Å². The van der Waals surface area contributed by atoms with E-state index in [0.29, 0.717) is 0 Å². The Labute approximate surface area is 65.8 Å². The van der Waals surface area contributed by atoms with E-state index in [9.17, 15) is 0 Å². The maximum Gasteiger partial charge on any atom is 0.0572 e. The van der Waals surface area contributed by atoms with Crippen LogP contribution in [0.2, 0.25) is 0 Å². The summed E-state index contributed by atoms with van der Waals surface area (Å²) in [6, 6.07) is 5.61. The quantitative estimate of drug-likeness (QED) is 0.424. The Bertz CT molecular complexity index is 235. The Morgan fingerprint density at radius 3 is 2.70 bits per heavy atom. The highest BCUT2D eigenvalue weighted by molar-refractivity contribution is 7.80. The molecule has 3 heteroatoms. The summed E-state index contributed by atoms with van der Waals surface area (Å²) in [7, 11) is 1.84. The van der Waals surface area contributed by atoms with Gasteiger partial charge in [0.15, 0.2) is 0 Å². The zero-order valence-corrected chi connectivity index (χ0v) is 6.65. The molecule has 0 saturated carbocycles. The fourth-order valence-electron chi connectivity index (χ4n) is 0.778. The number of benzene rings is 1. The fraction of sp³-hybridized carbons (Fsp3) is 0.143. The van der Waals surface area contributed by atoms with Crippen molar-refractivity contribution in [1.82, 2.24) is 0 Å². The predicted molar refractivity (Wildman–Crippen MR) is 47.7 cm³/mol. The highest BCUT2D eigenvalue weighted by atomic mass is 32.1. The molecular formula is C7H10N2S. The van der Waals surface area contributed by atoms with E-state index < -0.39 is 0 Å². The van der Waals surface area contributed by atoms with Crippen molar-refractivity contribution in [3.63, 3.8) is 0 Å². The van der Waals surface area contributed by atoms with Crippen LogP contribution in [0.4, 0.5) is 11.4 Å². The van der Waals surface area contributed by atoms with Crippen LogP contribution in [-0.4, -0.2) is 7.05 Å². The molecule has 1 rings (SSSR count). The van der Waals surface area contributed by atoms with Gasteiger partial charge in [-0.3, -0.25) is 0 Å². The van der Waals surface area contributed by atoms with Gasteiger partial charge in [-0.15, -0.1) is 12.6 Å². The number of nitrogen functional groups attached to an aromatic ring is 1. The topological polar surface area (TPSA) is 38.0 Å². The lowest BCUT2D eigenvalue weighted by molar-refractivity contribution is 1.43. The Hall–Kier alpha value is -0.830. The van der Waals surface area contributed by atoms with Crippen LogP contribution in [0, 0.1) is 0 Å². The third kappa shape index (κ3) is 1.36. The van der Waals surface area contributed by atoms with E-state index in [4.69, 9.17) is 5.73 Å². The predicted octanol–water partition coefficient (Wildman–Crippen LogP) is 1.60. The number of anilines is 2. The van der Waals surface area contributed by atoms with E-state index in [-0.39, 0.29) is 0 Å². The van der Waals surface area contributed by atoms with Crippen molar-refractivity contribution in [1.29, 1.82) is 0 Å². The molecule has 0 aromatic heterocycles. The van der Waals surface area contributed by atoms with Gasteiger partial charge in [0.25, 0.3) is 0 Å². The van der Waals surface area contributed by atoms with Crippen molar-refractivity contribution in [2.45, 2.75) is 4.90 Å². The first-order valence-corrected chi connectivity index (χ1v) is 3.45. The molecular weight excluding hydrogens is 144 g/mol. The summed E-state index contributed by atoms with van der Waals surface area (Å²) in [5.41, 5.74) is 7.29. The van der Waals surface area contributed by atoms with Gasteiger partial charge in [-0.25, -0.2) is 0 Å². The van der Waals surface area contributed by atoms with Gasteiger partial charge in [0.05, 0.1) is 11.4 Å². The largest absolute Gasteiger partial charge is 0.397 e. The third-order valence-electron chi connectivity index (χ3n) is 1.30. The van der Waals surface area contributed by atoms with Crippen LogP contribution in [0.5, 0.6) is 0 Å². The number of thiol groups is 1. The summed E-state index contributed by atoms with van der Waals surface area (Å²) in [6.07, 6.45) is 0. The van der Waals surface area contributed by atoms with Crippen LogP contribution in [-0.2, 0) is 0 Å². The lowest BCUT2D eigenvalue weighted by Gasteiger charge is -2.03. The van der Waals surface area contributed by atoms with E-state index in [1.54, 1.807) is 0 Å². The molecule has 0 bridgehead atoms. The molecule has 0 atom stereocenters. The highest BCUT2D eigenvalue weighted by Crippen LogP contribution is 2.20. The minimum atomic E-state index is 0.731. The summed E-state index contributed by atoms with van der Waals surface area (Å²) in [5.74, 6) is 0. The zero-order valence-electron chi connectivity index (χ0n) is 5.76. The lowest BCUT2D eigenvalue weighted by atomic mass is 10.3. The summed E-state index contributed by atoms with van der Waals surface area (Å²) in [5, 5.41) is 2.96. The zero-order chi connectivity index (χ0) is 7.56. The van der Waals surface area contributed by atoms with E-state index in [1.807, 2.05) is 25.2 Å². The standard InChI is InChI=1S/C7H10N2S/c1-9-7-3-2-5(10)4-6(7)8/h2-4,9-10H,8H2,1H3. The molecule has 0 radical (unpaired) electrons. The maximum absolute atomic E-state index is 5.62. The molecule has 3 N–H and O–H groups in total. The second-order valence-electron chi connectivity index (χ2n) is 2.02. The maximum atomic E-state index is 5.62. The van der Waals surface area contributed by atoms with Crippen molar-refractivity contribution < 1.29 is 0 Å². The molecule has 0 fully saturated rings. The summed E-state index contributed by atoms with van der Waals surface area (Å²) < 4.78 is 0. The number of hydrogen-bond donors (Lipinski definition) is 3. The molecule has 0 amide bonds. The Balaban J connectivity index is 3.07. The van der Waals surface area contributed by atoms with E-state index in [1.165, 1.54) is 0 Å². The minimum Gasteiger partial charge on any atom is -0.397 e. The Morgan fingerprint density at radius 1 is 1.50 bits per heavy atom. The first-order chi connectivity index (χ1) is 4.74. The molecule has 2 nitrogen and oxygen atoms in total. The molecule has 1 aromatic carbocycles. The van der Waals surface area contributed by atoms with Crippen molar-refractivity contribution in [3.05, 3.63) is 18.2 Å². The number of hydrogen-bond acceptors (Lipinski definition) is 3. The average Bonchev–Trinajstić information content (AvgIpc) is 1.88. The third-order valence-corrected chi connectivity index (χ3v) is 1.58. The smallest absolute Gasteiger partial charge is 0.0572 e. The molecule has 10 heavy (non-hydrogen) atoms. The highest BCUT2D eigenvalue weighted by Gasteiger charge is 1.94. The molecule has 0 aliphatic carbocycles. The fourth-order valence-corrected chi connectivity index (χ4v) is 0.991. The lowest BCUT2D eigenvalue weighted by Crippen LogP contribution is -1.94. The van der Waals surface area contributed by atoms with Crippen molar-refractivity contribution >= 4 is 24.0 Å². The number of nitrogens with one attached hydrogen (secondary N) is 1. The molecule has 54 valence electrons. The number of nitrogens with two attached hydrogens (primary N) is 1. The van der Waals surface area contributed by atoms with Gasteiger partial charge in [0.1, 0.15) is 0 Å². The SMILES string of the molecule is CNc1ccc(S)cc1N. The van der Waals surface area contributed by atoms with Crippen LogP contribution in [0.25, 0.3) is 0 Å². The second-order valence-corrected chi connectivity index (χ2v) is 2.54. The molecule has 0 spiro atoms. The Kier molecular flexibility index (Phi) is 2.06. The molecule has 1 aromatic rings. The minimum absolute atomic E-state index is 0.731. The summed E-state index contributed by atoms with van der Waals surface area (Å²) in [4.78, 5) is 0.886. The van der Waals surface area contributed by atoms with Crippen molar-refractivity contribution in [2.75, 3.05) is 18.1 Å². The van der Waals surface area contributed by atoms with Crippen LogP contribution < -0.4 is 11.1 Å². The van der Waals surface area contributed by atoms with Gasteiger partial charge in [-0.05, 0) is 18.2 Å². The van der Waals surface area contributed by atoms with Crippen LogP contribution in [0.1, 0.15) is 0 Å². The van der Waals surface area contributed by atoms with Gasteiger partial charge in [0.2, 0.25) is 0 Å². The molecule has 0 unspecified atom stereocenters. The van der Waals surface area contributed by atoms with E-state index in [2.05, 4.69) is 17.9 Å². The normalized spacial score (nSPS) is 9.40. The van der Waals surface area contributed by atoms with Crippen LogP contribution >= 0.6 is 12.6 Å². The van der Waals surface area contributed by atoms with Gasteiger partial charge in [-0.2, -0.15) is 0 Å². The Morgan fingerprint density at radius 2 is 2.20 bits per heavy atom. The van der Waals surface area contributed by atoms with Gasteiger partial charge in [0, 0.05) is 11.9 Å². The van der Waals surface area contributed by atoms with Gasteiger partial charge >= 0.3 is 0 Å². The monoisotopic (exact) mass is 154 g/mol. The first-order valence-electron chi connectivity index (χ1n) is 3.00. The first kappa shape index (κ1) is 7.28. The average molecular weight is 154 g/mol. The molecule has 0 aliphatic rings. The summed E-state index contributed by atoms with van der Waals surface area (Å²) in [6.45, 7) is 0. The molecule has 0 heterocycles. The van der Waals surface area contributed by atoms with E-state index >= 15 is 0 Å². The second kappa shape index (κ2) is 2.84. The molecule has 0 saturated heterocycles. The molecule has 0 aliphatic heterocycles. The van der Waals surface area contributed by atoms with Gasteiger partial charge in [-0.1, -0.05) is 0 Å². The van der Waals surface area contributed by atoms with Crippen LogP contribution in [0.15, 0.2) is 23.1 Å². The van der Waals surface area contributed by atoms with Crippen molar-refractivity contribution in [2.24, 2.45) is 0 Å².